The predicted octanol–water partition coefficient (Wildman–Crippen LogP) is 4.73. The van der Waals surface area contributed by atoms with E-state index in [9.17, 15) is 13.2 Å². The number of quaternary nitrogens is 1. The van der Waals surface area contributed by atoms with Gasteiger partial charge in [0.1, 0.15) is 12.9 Å². The van der Waals surface area contributed by atoms with E-state index in [1.807, 2.05) is 0 Å². The third-order valence-corrected chi connectivity index (χ3v) is 4.69. The number of allylic oxidation sites excluding steroid dienone is 1. The van der Waals surface area contributed by atoms with Gasteiger partial charge in [0, 0.05) is 10.0 Å². The molecule has 1 atom stereocenters. The zero-order chi connectivity index (χ0) is 17.6. The van der Waals surface area contributed by atoms with Crippen molar-refractivity contribution in [1.29, 1.82) is 5.41 Å². The van der Waals surface area contributed by atoms with Crippen LogP contribution < -0.4 is 10.0 Å². The van der Waals surface area contributed by atoms with Crippen LogP contribution in [0.4, 0.5) is 18.9 Å². The molecule has 124 valence electrons. The Morgan fingerprint density at radius 1 is 1.08 bits per heavy atom. The molecule has 0 fully saturated rings. The van der Waals surface area contributed by atoms with Gasteiger partial charge in [0.05, 0.1) is 11.3 Å². The van der Waals surface area contributed by atoms with Gasteiger partial charge in [-0.1, -0.05) is 22.0 Å². The smallest absolute Gasteiger partial charge is 0.248 e. The molecule has 1 unspecified atom stereocenters. The second-order valence-corrected chi connectivity index (χ2v) is 6.52. The molecule has 0 radical (unpaired) electrons. The van der Waals surface area contributed by atoms with Gasteiger partial charge in [-0.25, -0.2) is 24.0 Å². The van der Waals surface area contributed by atoms with Gasteiger partial charge in [0.25, 0.3) is 5.84 Å². The van der Waals surface area contributed by atoms with Crippen LogP contribution in [0, 0.1) is 22.9 Å². The Balaban J connectivity index is 2.14. The molecule has 24 heavy (non-hydrogen) atoms. The molecule has 0 aromatic heterocycles. The molecule has 0 bridgehead atoms. The van der Waals surface area contributed by atoms with Gasteiger partial charge in [-0.3, -0.25) is 0 Å². The molecule has 3 rings (SSSR count). The van der Waals surface area contributed by atoms with Crippen LogP contribution in [0.15, 0.2) is 46.6 Å². The van der Waals surface area contributed by atoms with Crippen molar-refractivity contribution in [3.8, 4) is 0 Å². The van der Waals surface area contributed by atoms with Gasteiger partial charge >= 0.3 is 0 Å². The van der Waals surface area contributed by atoms with Crippen molar-refractivity contribution in [3.63, 3.8) is 0 Å². The zero-order valence-electron chi connectivity index (χ0n) is 12.9. The highest BCUT2D eigenvalue weighted by Crippen LogP contribution is 2.38. The van der Waals surface area contributed by atoms with Gasteiger partial charge in [0.2, 0.25) is 5.69 Å². The summed E-state index contributed by atoms with van der Waals surface area (Å²) < 4.78 is 41.7. The first-order valence-corrected chi connectivity index (χ1v) is 7.90. The third kappa shape index (κ3) is 2.44. The molecule has 1 heterocycles. The fourth-order valence-corrected chi connectivity index (χ4v) is 3.50. The Morgan fingerprint density at radius 2 is 1.71 bits per heavy atom. The first-order chi connectivity index (χ1) is 11.3. The number of halogens is 4. The standard InChI is InChI=1S/C17H14BrF3N3/c1-9-15(11-7-6-10(19)8-12(11)18)17(22)24(2,23-9)16-13(20)4-3-5-14(16)21/h3-8,22-23H,1-2H3/q+1. The van der Waals surface area contributed by atoms with Crippen LogP contribution in [0.2, 0.25) is 0 Å². The highest BCUT2D eigenvalue weighted by atomic mass is 79.9. The lowest BCUT2D eigenvalue weighted by Crippen LogP contribution is -2.56. The molecule has 2 aromatic rings. The van der Waals surface area contributed by atoms with Crippen LogP contribution in [0.25, 0.3) is 5.57 Å². The fourth-order valence-electron chi connectivity index (χ4n) is 2.95. The minimum atomic E-state index is -0.748. The van der Waals surface area contributed by atoms with Gasteiger partial charge in [-0.2, -0.15) is 0 Å². The van der Waals surface area contributed by atoms with Crippen molar-refractivity contribution in [3.05, 3.63) is 69.6 Å². The van der Waals surface area contributed by atoms with Crippen LogP contribution in [0.1, 0.15) is 12.5 Å². The first kappa shape index (κ1) is 16.7. The summed E-state index contributed by atoms with van der Waals surface area (Å²) in [6, 6.07) is 7.67. The number of para-hydroxylation sites is 1. The Labute approximate surface area is 145 Å². The number of amidine groups is 1. The van der Waals surface area contributed by atoms with E-state index in [0.717, 1.165) is 12.1 Å². The summed E-state index contributed by atoms with van der Waals surface area (Å²) in [6.07, 6.45) is 0. The summed E-state index contributed by atoms with van der Waals surface area (Å²) in [5, 5.41) is 8.51. The molecule has 1 aliphatic heterocycles. The van der Waals surface area contributed by atoms with Crippen molar-refractivity contribution < 1.29 is 13.2 Å². The molecule has 0 saturated heterocycles. The molecule has 1 aliphatic rings. The normalized spacial score (nSPS) is 20.5. The van der Waals surface area contributed by atoms with E-state index in [-0.39, 0.29) is 11.5 Å². The molecular weight excluding hydrogens is 383 g/mol. The molecule has 0 saturated carbocycles. The van der Waals surface area contributed by atoms with E-state index in [1.54, 1.807) is 6.92 Å². The van der Waals surface area contributed by atoms with Crippen molar-refractivity contribution in [2.45, 2.75) is 6.92 Å². The molecule has 2 N–H and O–H groups in total. The lowest BCUT2D eigenvalue weighted by Gasteiger charge is -2.28. The summed E-state index contributed by atoms with van der Waals surface area (Å²) in [7, 11) is 1.50. The maximum Gasteiger partial charge on any atom is 0.260 e. The number of benzene rings is 2. The van der Waals surface area contributed by atoms with Gasteiger partial charge in [-0.05, 0) is 37.3 Å². The molecule has 7 heteroatoms. The minimum Gasteiger partial charge on any atom is -0.248 e. The quantitative estimate of drug-likeness (QED) is 0.707. The molecule has 0 spiro atoms. The highest BCUT2D eigenvalue weighted by Gasteiger charge is 2.46. The summed E-state index contributed by atoms with van der Waals surface area (Å²) in [5.74, 6) is -1.95. The predicted molar refractivity (Wildman–Crippen MR) is 91.6 cm³/mol. The van der Waals surface area contributed by atoms with Crippen molar-refractivity contribution in [2.24, 2.45) is 0 Å². The van der Waals surface area contributed by atoms with Crippen molar-refractivity contribution in [2.75, 3.05) is 7.05 Å². The summed E-state index contributed by atoms with van der Waals surface area (Å²) in [4.78, 5) is 0. The monoisotopic (exact) mass is 396 g/mol. The molecule has 2 aromatic carbocycles. The largest absolute Gasteiger partial charge is 0.260 e. The van der Waals surface area contributed by atoms with E-state index < -0.39 is 22.0 Å². The Bertz CT molecular complexity index is 874. The van der Waals surface area contributed by atoms with Gasteiger partial charge in [-0.15, -0.1) is 4.59 Å². The maximum atomic E-state index is 14.2. The van der Waals surface area contributed by atoms with E-state index in [0.29, 0.717) is 21.3 Å². The average molecular weight is 397 g/mol. The van der Waals surface area contributed by atoms with Crippen LogP contribution in [0.3, 0.4) is 0 Å². The zero-order valence-corrected chi connectivity index (χ0v) is 14.5. The molecule has 0 amide bonds. The van der Waals surface area contributed by atoms with Gasteiger partial charge < -0.3 is 0 Å². The average Bonchev–Trinajstić information content (AvgIpc) is 2.70. The Kier molecular flexibility index (Phi) is 4.01. The van der Waals surface area contributed by atoms with E-state index in [2.05, 4.69) is 21.4 Å². The summed E-state index contributed by atoms with van der Waals surface area (Å²) >= 11 is 3.28. The SMILES string of the molecule is CC1=C(c2ccc(F)cc2Br)C(=N)[N+](C)(c2c(F)cccc2F)N1. The molecule has 0 aliphatic carbocycles. The third-order valence-electron chi connectivity index (χ3n) is 4.04. The first-order valence-electron chi connectivity index (χ1n) is 7.11. The van der Waals surface area contributed by atoms with E-state index >= 15 is 0 Å². The number of hydrogen-bond acceptors (Lipinski definition) is 2. The minimum absolute atomic E-state index is 0.0381. The number of nitrogens with one attached hydrogen (secondary N) is 2. The lowest BCUT2D eigenvalue weighted by atomic mass is 10.0. The van der Waals surface area contributed by atoms with Crippen LogP contribution in [-0.4, -0.2) is 12.9 Å². The van der Waals surface area contributed by atoms with Crippen LogP contribution >= 0.6 is 15.9 Å². The molecule has 3 nitrogen and oxygen atoms in total. The fraction of sp³-hybridized carbons (Fsp3) is 0.118. The number of likely N-dealkylation sites (N-methyl/N-ethyl adjacent to an activating group) is 1. The maximum absolute atomic E-state index is 14.2. The highest BCUT2D eigenvalue weighted by molar-refractivity contribution is 9.10. The van der Waals surface area contributed by atoms with E-state index in [4.69, 9.17) is 5.41 Å². The Hall–Kier alpha value is -2.12. The second kappa shape index (κ2) is 5.75. The summed E-state index contributed by atoms with van der Waals surface area (Å²) in [5.41, 5.74) is 4.30. The van der Waals surface area contributed by atoms with Crippen LogP contribution in [-0.2, 0) is 0 Å². The topological polar surface area (TPSA) is 35.9 Å². The number of nitrogens with zero attached hydrogens (tertiary/aromatic N) is 1. The number of hydrogen-bond donors (Lipinski definition) is 2. The van der Waals surface area contributed by atoms with Crippen molar-refractivity contribution in [1.82, 2.24) is 10.0 Å². The van der Waals surface area contributed by atoms with E-state index in [1.165, 1.54) is 31.3 Å². The second-order valence-electron chi connectivity index (χ2n) is 5.66. The number of rotatable bonds is 2. The summed E-state index contributed by atoms with van der Waals surface area (Å²) in [6.45, 7) is 1.71. The molecular formula is C17H14BrF3N3+. The van der Waals surface area contributed by atoms with Crippen molar-refractivity contribution >= 4 is 33.0 Å². The van der Waals surface area contributed by atoms with Crippen LogP contribution in [0.5, 0.6) is 0 Å². The lowest BCUT2D eigenvalue weighted by molar-refractivity contribution is 0.385. The van der Waals surface area contributed by atoms with Gasteiger partial charge in [0.15, 0.2) is 11.6 Å². The Morgan fingerprint density at radius 3 is 2.29 bits per heavy atom.